The summed E-state index contributed by atoms with van der Waals surface area (Å²) >= 11 is 6.15. The van der Waals surface area contributed by atoms with Crippen molar-refractivity contribution in [3.63, 3.8) is 0 Å². The van der Waals surface area contributed by atoms with Crippen molar-refractivity contribution in [2.24, 2.45) is 7.05 Å². The molecule has 1 atom stereocenters. The number of nitrogens with zero attached hydrogens (tertiary/aromatic N) is 4. The highest BCUT2D eigenvalue weighted by molar-refractivity contribution is 6.16. The minimum atomic E-state index is -0.102. The first kappa shape index (κ1) is 14.9. The topological polar surface area (TPSA) is 44.9 Å². The maximum Gasteiger partial charge on any atom is 0.158 e. The van der Waals surface area contributed by atoms with E-state index in [1.165, 1.54) is 0 Å². The highest BCUT2D eigenvalue weighted by atomic mass is 35.5. The van der Waals surface area contributed by atoms with Gasteiger partial charge >= 0.3 is 0 Å². The molecule has 1 unspecified atom stereocenters. The summed E-state index contributed by atoms with van der Waals surface area (Å²) in [6, 6.07) is 0.368. The molecule has 2 aromatic rings. The minimum absolute atomic E-state index is 0.102. The fraction of sp³-hybridized carbons (Fsp3) is 0.733. The number of fused-ring (bicyclic) bond motifs is 1. The molecule has 0 bridgehead atoms. The zero-order valence-electron chi connectivity index (χ0n) is 13.2. The van der Waals surface area contributed by atoms with Crippen molar-refractivity contribution in [2.45, 2.75) is 57.6 Å². The Morgan fingerprint density at radius 2 is 2.19 bits per heavy atom. The van der Waals surface area contributed by atoms with E-state index in [1.807, 2.05) is 11.7 Å². The first-order valence-corrected chi connectivity index (χ1v) is 8.13. The number of aryl methyl sites for hydroxylation is 2. The highest BCUT2D eigenvalue weighted by Crippen LogP contribution is 2.35. The Morgan fingerprint density at radius 1 is 1.43 bits per heavy atom. The smallest absolute Gasteiger partial charge is 0.158 e. The third kappa shape index (κ3) is 2.46. The van der Waals surface area contributed by atoms with Crippen LogP contribution < -0.4 is 0 Å². The van der Waals surface area contributed by atoms with E-state index >= 15 is 0 Å². The second kappa shape index (κ2) is 5.29. The van der Waals surface area contributed by atoms with Gasteiger partial charge in [0.1, 0.15) is 11.3 Å². The fourth-order valence-corrected chi connectivity index (χ4v) is 3.57. The Bertz CT molecular complexity index is 658. The van der Waals surface area contributed by atoms with E-state index in [0.717, 1.165) is 48.6 Å². The van der Waals surface area contributed by atoms with Crippen LogP contribution in [0.5, 0.6) is 0 Å². The van der Waals surface area contributed by atoms with Crippen LogP contribution >= 0.6 is 11.6 Å². The van der Waals surface area contributed by atoms with Gasteiger partial charge in [-0.25, -0.2) is 4.98 Å². The Labute approximate surface area is 130 Å². The van der Waals surface area contributed by atoms with Crippen molar-refractivity contribution in [3.8, 4) is 0 Å². The van der Waals surface area contributed by atoms with Crippen LogP contribution in [-0.2, 0) is 24.1 Å². The lowest BCUT2D eigenvalue weighted by atomic mass is 9.93. The van der Waals surface area contributed by atoms with E-state index in [0.29, 0.717) is 11.9 Å². The van der Waals surface area contributed by atoms with Crippen molar-refractivity contribution >= 4 is 22.8 Å². The lowest BCUT2D eigenvalue weighted by molar-refractivity contribution is -0.0689. The predicted molar refractivity (Wildman–Crippen MR) is 83.7 cm³/mol. The summed E-state index contributed by atoms with van der Waals surface area (Å²) in [7, 11) is 1.99. The van der Waals surface area contributed by atoms with E-state index in [-0.39, 0.29) is 5.60 Å². The predicted octanol–water partition coefficient (Wildman–Crippen LogP) is 3.20. The van der Waals surface area contributed by atoms with E-state index in [2.05, 4.69) is 30.4 Å². The van der Waals surface area contributed by atoms with Gasteiger partial charge in [0, 0.05) is 19.7 Å². The van der Waals surface area contributed by atoms with Gasteiger partial charge in [0.05, 0.1) is 17.2 Å². The molecule has 3 heterocycles. The number of hydrogen-bond donors (Lipinski definition) is 0. The summed E-state index contributed by atoms with van der Waals surface area (Å²) in [5.74, 6) is 1.37. The van der Waals surface area contributed by atoms with Crippen molar-refractivity contribution in [2.75, 3.05) is 6.61 Å². The molecule has 116 valence electrons. The van der Waals surface area contributed by atoms with Crippen LogP contribution in [0.4, 0.5) is 0 Å². The maximum atomic E-state index is 6.15. The molecule has 2 aromatic heterocycles. The van der Waals surface area contributed by atoms with Gasteiger partial charge in [-0.15, -0.1) is 11.6 Å². The van der Waals surface area contributed by atoms with Crippen molar-refractivity contribution in [1.82, 2.24) is 19.3 Å². The number of alkyl halides is 1. The first-order chi connectivity index (χ1) is 9.96. The van der Waals surface area contributed by atoms with Crippen LogP contribution in [0.2, 0.25) is 0 Å². The van der Waals surface area contributed by atoms with Crippen LogP contribution in [0.15, 0.2) is 0 Å². The van der Waals surface area contributed by atoms with Crippen LogP contribution in [-0.4, -0.2) is 31.5 Å². The quantitative estimate of drug-likeness (QED) is 0.818. The SMILES string of the molecule is CCc1nn(C)c2c1nc(CCl)n2C1CCOC(C)(C)C1. The average Bonchev–Trinajstić information content (AvgIpc) is 2.95. The molecule has 0 N–H and O–H groups in total. The fourth-order valence-electron chi connectivity index (χ4n) is 3.38. The van der Waals surface area contributed by atoms with Gasteiger partial charge in [0.2, 0.25) is 0 Å². The third-order valence-electron chi connectivity index (χ3n) is 4.30. The second-order valence-corrected chi connectivity index (χ2v) is 6.65. The second-order valence-electron chi connectivity index (χ2n) is 6.38. The number of halogens is 1. The van der Waals surface area contributed by atoms with Crippen molar-refractivity contribution in [3.05, 3.63) is 11.5 Å². The Hall–Kier alpha value is -1.07. The summed E-state index contributed by atoms with van der Waals surface area (Å²) < 4.78 is 10.1. The van der Waals surface area contributed by atoms with Gasteiger partial charge < -0.3 is 9.30 Å². The maximum absolute atomic E-state index is 6.15. The Balaban J connectivity index is 2.14. The summed E-state index contributed by atoms with van der Waals surface area (Å²) in [5.41, 5.74) is 3.03. The zero-order chi connectivity index (χ0) is 15.2. The first-order valence-electron chi connectivity index (χ1n) is 7.59. The molecule has 6 heteroatoms. The standard InChI is InChI=1S/C15H23ClN4O/c1-5-11-13-14(19(4)18-11)20(12(9-16)17-13)10-6-7-21-15(2,3)8-10/h10H,5-9H2,1-4H3. The molecule has 0 saturated carbocycles. The number of ether oxygens (including phenoxy) is 1. The third-order valence-corrected chi connectivity index (χ3v) is 4.54. The lowest BCUT2D eigenvalue weighted by Crippen LogP contribution is -2.35. The van der Waals surface area contributed by atoms with Gasteiger partial charge in [0.25, 0.3) is 0 Å². The molecule has 5 nitrogen and oxygen atoms in total. The largest absolute Gasteiger partial charge is 0.375 e. The zero-order valence-corrected chi connectivity index (χ0v) is 13.9. The summed E-state index contributed by atoms with van der Waals surface area (Å²) in [4.78, 5) is 4.75. The van der Waals surface area contributed by atoms with Gasteiger partial charge in [0.15, 0.2) is 5.65 Å². The molecule has 0 aromatic carbocycles. The highest BCUT2D eigenvalue weighted by Gasteiger charge is 2.33. The van der Waals surface area contributed by atoms with Crippen LogP contribution in [0.3, 0.4) is 0 Å². The summed E-state index contributed by atoms with van der Waals surface area (Å²) in [6.45, 7) is 7.18. The molecule has 1 aliphatic rings. The van der Waals surface area contributed by atoms with Crippen LogP contribution in [0, 0.1) is 0 Å². The van der Waals surface area contributed by atoms with Crippen molar-refractivity contribution in [1.29, 1.82) is 0 Å². The van der Waals surface area contributed by atoms with Gasteiger partial charge in [-0.1, -0.05) is 6.92 Å². The monoisotopic (exact) mass is 310 g/mol. The van der Waals surface area contributed by atoms with Crippen LogP contribution in [0.1, 0.15) is 51.2 Å². The Morgan fingerprint density at radius 3 is 2.81 bits per heavy atom. The van der Waals surface area contributed by atoms with E-state index in [1.54, 1.807) is 0 Å². The number of rotatable bonds is 3. The molecule has 3 rings (SSSR count). The molecular formula is C15H23ClN4O. The lowest BCUT2D eigenvalue weighted by Gasteiger charge is -2.36. The number of hydrogen-bond acceptors (Lipinski definition) is 3. The van der Waals surface area contributed by atoms with Gasteiger partial charge in [-0.3, -0.25) is 4.68 Å². The summed E-state index contributed by atoms with van der Waals surface area (Å²) in [5, 5.41) is 4.59. The molecule has 0 amide bonds. The van der Waals surface area contributed by atoms with Crippen molar-refractivity contribution < 1.29 is 4.74 Å². The van der Waals surface area contributed by atoms with Crippen LogP contribution in [0.25, 0.3) is 11.2 Å². The summed E-state index contributed by atoms with van der Waals surface area (Å²) in [6.07, 6.45) is 2.84. The van der Waals surface area contributed by atoms with E-state index in [4.69, 9.17) is 21.3 Å². The molecule has 1 fully saturated rings. The average molecular weight is 311 g/mol. The molecule has 0 spiro atoms. The Kier molecular flexibility index (Phi) is 3.74. The molecule has 0 radical (unpaired) electrons. The molecule has 0 aliphatic carbocycles. The van der Waals surface area contributed by atoms with Gasteiger partial charge in [-0.2, -0.15) is 5.10 Å². The van der Waals surface area contributed by atoms with E-state index < -0.39 is 0 Å². The normalized spacial score (nSPS) is 22.0. The molecule has 21 heavy (non-hydrogen) atoms. The molecule has 1 saturated heterocycles. The molecular weight excluding hydrogens is 288 g/mol. The number of imidazole rings is 1. The minimum Gasteiger partial charge on any atom is -0.375 e. The van der Waals surface area contributed by atoms with E-state index in [9.17, 15) is 0 Å². The van der Waals surface area contributed by atoms with Gasteiger partial charge in [-0.05, 0) is 33.1 Å². The number of aromatic nitrogens is 4. The molecule has 1 aliphatic heterocycles.